The van der Waals surface area contributed by atoms with Crippen LogP contribution in [0.25, 0.3) is 0 Å². The Balaban J connectivity index is 1.66. The highest BCUT2D eigenvalue weighted by atomic mass is 32.1. The van der Waals surface area contributed by atoms with Crippen molar-refractivity contribution in [1.29, 1.82) is 0 Å². The molecule has 2 rings (SSSR count). The first kappa shape index (κ1) is 12.0. The molecule has 0 radical (unpaired) electrons. The van der Waals surface area contributed by atoms with E-state index in [9.17, 15) is 4.79 Å². The van der Waals surface area contributed by atoms with E-state index in [0.29, 0.717) is 0 Å². The standard InChI is InChI=1S/C10H15N5OS/c1-2-8-13-10(17-15-8)11-5-3-4-7-6-12-14-9(7)16/h6-7H,2-5H2,1H3,(H,14,16)(H,11,13,15)/t7-/m1/s1. The van der Waals surface area contributed by atoms with Crippen molar-refractivity contribution in [1.82, 2.24) is 14.8 Å². The van der Waals surface area contributed by atoms with E-state index < -0.39 is 0 Å². The monoisotopic (exact) mass is 253 g/mol. The van der Waals surface area contributed by atoms with Crippen LogP contribution in [0.1, 0.15) is 25.6 Å². The van der Waals surface area contributed by atoms with E-state index in [1.807, 2.05) is 6.92 Å². The highest BCUT2D eigenvalue weighted by molar-refractivity contribution is 7.09. The Bertz CT molecular complexity index is 417. The molecule has 0 saturated heterocycles. The first-order valence-corrected chi connectivity index (χ1v) is 6.46. The number of hydrazone groups is 1. The number of nitrogens with zero attached hydrogens (tertiary/aromatic N) is 3. The van der Waals surface area contributed by atoms with Gasteiger partial charge in [0.25, 0.3) is 0 Å². The molecular formula is C10H15N5OS. The Kier molecular flexibility index (Phi) is 4.03. The van der Waals surface area contributed by atoms with Crippen LogP contribution in [-0.4, -0.2) is 28.0 Å². The van der Waals surface area contributed by atoms with Crippen LogP contribution in [0.15, 0.2) is 5.10 Å². The molecule has 0 aliphatic carbocycles. The van der Waals surface area contributed by atoms with E-state index in [4.69, 9.17) is 0 Å². The van der Waals surface area contributed by atoms with Crippen LogP contribution in [0.5, 0.6) is 0 Å². The molecule has 0 bridgehead atoms. The number of hydrogen-bond donors (Lipinski definition) is 2. The molecule has 0 fully saturated rings. The van der Waals surface area contributed by atoms with Gasteiger partial charge in [-0.1, -0.05) is 6.92 Å². The zero-order valence-corrected chi connectivity index (χ0v) is 10.5. The van der Waals surface area contributed by atoms with Gasteiger partial charge >= 0.3 is 0 Å². The maximum atomic E-state index is 11.2. The predicted octanol–water partition coefficient (Wildman–Crippen LogP) is 1.02. The minimum absolute atomic E-state index is 0.00538. The van der Waals surface area contributed by atoms with Crippen molar-refractivity contribution in [2.75, 3.05) is 11.9 Å². The molecule has 7 heteroatoms. The van der Waals surface area contributed by atoms with Crippen LogP contribution >= 0.6 is 11.5 Å². The van der Waals surface area contributed by atoms with Crippen LogP contribution in [0, 0.1) is 5.92 Å². The lowest BCUT2D eigenvalue weighted by atomic mass is 10.1. The van der Waals surface area contributed by atoms with Crippen LogP contribution in [0.3, 0.4) is 0 Å². The molecule has 0 spiro atoms. The maximum absolute atomic E-state index is 11.2. The molecule has 2 heterocycles. The maximum Gasteiger partial charge on any atom is 0.248 e. The number of anilines is 1. The lowest BCUT2D eigenvalue weighted by molar-refractivity contribution is -0.122. The molecule has 1 atom stereocenters. The highest BCUT2D eigenvalue weighted by Crippen LogP contribution is 2.12. The summed E-state index contributed by atoms with van der Waals surface area (Å²) in [5, 5.41) is 7.79. The second-order valence-electron chi connectivity index (χ2n) is 3.80. The van der Waals surface area contributed by atoms with E-state index >= 15 is 0 Å². The van der Waals surface area contributed by atoms with Crippen LogP contribution in [0.2, 0.25) is 0 Å². The number of hydrogen-bond acceptors (Lipinski definition) is 6. The van der Waals surface area contributed by atoms with Gasteiger partial charge in [-0.15, -0.1) is 0 Å². The zero-order valence-electron chi connectivity index (χ0n) is 9.64. The highest BCUT2D eigenvalue weighted by Gasteiger charge is 2.19. The Morgan fingerprint density at radius 3 is 3.12 bits per heavy atom. The Hall–Kier alpha value is -1.50. The van der Waals surface area contributed by atoms with E-state index in [2.05, 4.69) is 25.2 Å². The lowest BCUT2D eigenvalue weighted by Gasteiger charge is -2.04. The van der Waals surface area contributed by atoms with E-state index in [1.165, 1.54) is 11.5 Å². The molecule has 1 aromatic rings. The van der Waals surface area contributed by atoms with Gasteiger partial charge in [-0.25, -0.2) is 10.4 Å². The second kappa shape index (κ2) is 5.72. The second-order valence-corrected chi connectivity index (χ2v) is 4.55. The summed E-state index contributed by atoms with van der Waals surface area (Å²) < 4.78 is 4.19. The third-order valence-corrected chi connectivity index (χ3v) is 3.23. The predicted molar refractivity (Wildman–Crippen MR) is 67.1 cm³/mol. The summed E-state index contributed by atoms with van der Waals surface area (Å²) in [6.07, 6.45) is 4.24. The SMILES string of the molecule is CCc1nsc(NCCC[C@@H]2C=NNC2=O)n1. The number of amides is 1. The Morgan fingerprint density at radius 1 is 1.59 bits per heavy atom. The summed E-state index contributed by atoms with van der Waals surface area (Å²) in [6.45, 7) is 2.83. The Morgan fingerprint density at radius 2 is 2.47 bits per heavy atom. The van der Waals surface area contributed by atoms with E-state index in [0.717, 1.165) is 36.8 Å². The van der Waals surface area contributed by atoms with Crippen molar-refractivity contribution in [3.05, 3.63) is 5.82 Å². The number of nitrogens with one attached hydrogen (secondary N) is 2. The van der Waals surface area contributed by atoms with Gasteiger partial charge in [-0.3, -0.25) is 4.79 Å². The van der Waals surface area contributed by atoms with Crippen molar-refractivity contribution in [2.45, 2.75) is 26.2 Å². The minimum Gasteiger partial charge on any atom is -0.360 e. The topological polar surface area (TPSA) is 79.3 Å². The van der Waals surface area contributed by atoms with E-state index in [-0.39, 0.29) is 11.8 Å². The third-order valence-electron chi connectivity index (χ3n) is 2.52. The summed E-state index contributed by atoms with van der Waals surface area (Å²) >= 11 is 1.38. The molecule has 2 N–H and O–H groups in total. The number of carbonyl (C=O) groups excluding carboxylic acids is 1. The normalized spacial score (nSPS) is 18.4. The van der Waals surface area contributed by atoms with Crippen molar-refractivity contribution >= 4 is 28.8 Å². The molecule has 0 saturated carbocycles. The fraction of sp³-hybridized carbons (Fsp3) is 0.600. The van der Waals surface area contributed by atoms with Gasteiger partial charge in [-0.2, -0.15) is 9.47 Å². The zero-order chi connectivity index (χ0) is 12.1. The first-order valence-electron chi connectivity index (χ1n) is 5.69. The molecule has 92 valence electrons. The van der Waals surface area contributed by atoms with Gasteiger partial charge in [0, 0.05) is 30.7 Å². The summed E-state index contributed by atoms with van der Waals surface area (Å²) in [7, 11) is 0. The molecule has 17 heavy (non-hydrogen) atoms. The number of carbonyl (C=O) groups is 1. The number of aromatic nitrogens is 2. The fourth-order valence-corrected chi connectivity index (χ4v) is 2.21. The van der Waals surface area contributed by atoms with Gasteiger partial charge in [0.1, 0.15) is 5.82 Å². The van der Waals surface area contributed by atoms with Crippen molar-refractivity contribution in [3.8, 4) is 0 Å². The van der Waals surface area contributed by atoms with Gasteiger partial charge in [-0.05, 0) is 12.8 Å². The molecule has 6 nitrogen and oxygen atoms in total. The molecule has 1 aliphatic rings. The molecular weight excluding hydrogens is 238 g/mol. The van der Waals surface area contributed by atoms with Crippen LogP contribution < -0.4 is 10.7 Å². The van der Waals surface area contributed by atoms with Crippen molar-refractivity contribution in [2.24, 2.45) is 11.0 Å². The smallest absolute Gasteiger partial charge is 0.248 e. The third kappa shape index (κ3) is 3.23. The van der Waals surface area contributed by atoms with Gasteiger partial charge in [0.15, 0.2) is 0 Å². The Labute approximate surface area is 104 Å². The van der Waals surface area contributed by atoms with Crippen LogP contribution in [-0.2, 0) is 11.2 Å². The van der Waals surface area contributed by atoms with Gasteiger partial charge in [0.2, 0.25) is 11.0 Å². The van der Waals surface area contributed by atoms with Gasteiger partial charge in [0.05, 0.1) is 5.92 Å². The summed E-state index contributed by atoms with van der Waals surface area (Å²) in [5.41, 5.74) is 2.43. The number of rotatable bonds is 6. The number of aryl methyl sites for hydroxylation is 1. The molecule has 0 unspecified atom stereocenters. The van der Waals surface area contributed by atoms with Crippen molar-refractivity contribution < 1.29 is 4.79 Å². The van der Waals surface area contributed by atoms with Crippen molar-refractivity contribution in [3.63, 3.8) is 0 Å². The fourth-order valence-electron chi connectivity index (χ4n) is 1.53. The summed E-state index contributed by atoms with van der Waals surface area (Å²) in [5.74, 6) is 0.798. The average Bonchev–Trinajstić information content (AvgIpc) is 2.94. The quantitative estimate of drug-likeness (QED) is 0.742. The van der Waals surface area contributed by atoms with E-state index in [1.54, 1.807) is 6.21 Å². The van der Waals surface area contributed by atoms with Gasteiger partial charge < -0.3 is 5.32 Å². The minimum atomic E-state index is -0.0718. The average molecular weight is 253 g/mol. The lowest BCUT2D eigenvalue weighted by Crippen LogP contribution is -2.20. The summed E-state index contributed by atoms with van der Waals surface area (Å²) in [4.78, 5) is 15.5. The molecule has 0 aromatic carbocycles. The largest absolute Gasteiger partial charge is 0.360 e. The molecule has 1 aliphatic heterocycles. The first-order chi connectivity index (χ1) is 8.29. The molecule has 1 aromatic heterocycles. The van der Waals surface area contributed by atoms with Crippen LogP contribution in [0.4, 0.5) is 5.13 Å². The molecule has 1 amide bonds. The summed E-state index contributed by atoms with van der Waals surface area (Å²) in [6, 6.07) is 0.